The highest BCUT2D eigenvalue weighted by atomic mass is 35.5. The average Bonchev–Trinajstić information content (AvgIpc) is 2.95. The Morgan fingerprint density at radius 2 is 2.09 bits per heavy atom. The van der Waals surface area contributed by atoms with Gasteiger partial charge in [-0.2, -0.15) is 0 Å². The zero-order valence-corrected chi connectivity index (χ0v) is 13.5. The summed E-state index contributed by atoms with van der Waals surface area (Å²) in [6.45, 7) is 0.444. The number of hydrogen-bond donors (Lipinski definition) is 2. The predicted molar refractivity (Wildman–Crippen MR) is 91.8 cm³/mol. The summed E-state index contributed by atoms with van der Waals surface area (Å²) in [6.07, 6.45) is 2.57. The minimum Gasteiger partial charge on any atom is -0.496 e. The molecular formula is C18H18ClFN2O. The van der Waals surface area contributed by atoms with Gasteiger partial charge >= 0.3 is 0 Å². The maximum Gasteiger partial charge on any atom is 0.123 e. The molecule has 3 rings (SSSR count). The molecule has 0 fully saturated rings. The van der Waals surface area contributed by atoms with Crippen LogP contribution in [0.4, 0.5) is 4.39 Å². The number of ether oxygens (including phenoxy) is 1. The van der Waals surface area contributed by atoms with E-state index in [1.54, 1.807) is 25.3 Å². The van der Waals surface area contributed by atoms with Gasteiger partial charge in [0.1, 0.15) is 11.6 Å². The number of fused-ring (bicyclic) bond motifs is 1. The summed E-state index contributed by atoms with van der Waals surface area (Å²) in [4.78, 5) is 3.18. The third-order valence-electron chi connectivity index (χ3n) is 4.11. The number of rotatable bonds is 5. The standard InChI is InChI=1S/C18H18ClFN2O/c1-23-18-5-2-13(19)7-11(18)6-12(9-21)16-10-22-17-4-3-14(20)8-15(16)17/h2-5,7-8,10,12,22H,6,9,21H2,1H3. The Hall–Kier alpha value is -2.04. The lowest BCUT2D eigenvalue weighted by molar-refractivity contribution is 0.408. The van der Waals surface area contributed by atoms with Crippen LogP contribution in [-0.2, 0) is 6.42 Å². The Labute approximate surface area is 139 Å². The van der Waals surface area contributed by atoms with Crippen molar-refractivity contribution in [1.82, 2.24) is 4.98 Å². The van der Waals surface area contributed by atoms with Crippen LogP contribution in [0.5, 0.6) is 5.75 Å². The highest BCUT2D eigenvalue weighted by Gasteiger charge is 2.18. The van der Waals surface area contributed by atoms with E-state index in [0.717, 1.165) is 27.8 Å². The van der Waals surface area contributed by atoms with Gasteiger partial charge in [0.25, 0.3) is 0 Å². The number of methoxy groups -OCH3 is 1. The molecule has 0 amide bonds. The maximum atomic E-state index is 13.6. The van der Waals surface area contributed by atoms with Crippen molar-refractivity contribution in [3.63, 3.8) is 0 Å². The quantitative estimate of drug-likeness (QED) is 0.733. The Morgan fingerprint density at radius 3 is 2.83 bits per heavy atom. The van der Waals surface area contributed by atoms with E-state index < -0.39 is 0 Å². The number of aromatic amines is 1. The lowest BCUT2D eigenvalue weighted by Crippen LogP contribution is -2.15. The molecule has 1 heterocycles. The SMILES string of the molecule is COc1ccc(Cl)cc1CC(CN)c1c[nH]c2ccc(F)cc12. The minimum absolute atomic E-state index is 0.0397. The molecule has 0 radical (unpaired) electrons. The first-order chi connectivity index (χ1) is 11.1. The second kappa shape index (κ2) is 6.60. The van der Waals surface area contributed by atoms with Crippen molar-refractivity contribution >= 4 is 22.5 Å². The van der Waals surface area contributed by atoms with E-state index in [2.05, 4.69) is 4.98 Å². The van der Waals surface area contributed by atoms with Crippen LogP contribution in [0.25, 0.3) is 10.9 Å². The first-order valence-electron chi connectivity index (χ1n) is 7.41. The molecule has 0 spiro atoms. The molecule has 3 nitrogen and oxygen atoms in total. The van der Waals surface area contributed by atoms with Crippen molar-refractivity contribution in [2.75, 3.05) is 13.7 Å². The van der Waals surface area contributed by atoms with Gasteiger partial charge in [0, 0.05) is 28.0 Å². The smallest absolute Gasteiger partial charge is 0.123 e. The molecule has 5 heteroatoms. The molecule has 0 saturated heterocycles. The Bertz CT molecular complexity index is 831. The zero-order chi connectivity index (χ0) is 16.4. The number of nitrogens with one attached hydrogen (secondary N) is 1. The van der Waals surface area contributed by atoms with Gasteiger partial charge in [-0.25, -0.2) is 4.39 Å². The third kappa shape index (κ3) is 3.19. The van der Waals surface area contributed by atoms with Crippen LogP contribution >= 0.6 is 11.6 Å². The van der Waals surface area contributed by atoms with Crippen LogP contribution in [0.1, 0.15) is 17.0 Å². The van der Waals surface area contributed by atoms with Crippen LogP contribution in [0.2, 0.25) is 5.02 Å². The number of nitrogens with two attached hydrogens (primary N) is 1. The maximum absolute atomic E-state index is 13.6. The van der Waals surface area contributed by atoms with E-state index in [1.807, 2.05) is 18.3 Å². The van der Waals surface area contributed by atoms with Gasteiger partial charge in [0.2, 0.25) is 0 Å². The minimum atomic E-state index is -0.255. The fraction of sp³-hybridized carbons (Fsp3) is 0.222. The predicted octanol–water partition coefficient (Wildman–Crippen LogP) is 4.25. The Morgan fingerprint density at radius 1 is 1.26 bits per heavy atom. The number of H-pyrrole nitrogens is 1. The van der Waals surface area contributed by atoms with Crippen LogP contribution in [0.15, 0.2) is 42.6 Å². The average molecular weight is 333 g/mol. The number of aromatic nitrogens is 1. The Balaban J connectivity index is 1.99. The van der Waals surface area contributed by atoms with E-state index in [-0.39, 0.29) is 11.7 Å². The molecule has 1 unspecified atom stereocenters. The van der Waals surface area contributed by atoms with Crippen molar-refractivity contribution in [3.05, 3.63) is 64.6 Å². The second-order valence-electron chi connectivity index (χ2n) is 5.53. The third-order valence-corrected chi connectivity index (χ3v) is 4.34. The molecule has 1 aromatic heterocycles. The number of hydrogen-bond acceptors (Lipinski definition) is 2. The van der Waals surface area contributed by atoms with Gasteiger partial charge in [-0.05, 0) is 60.5 Å². The van der Waals surface area contributed by atoms with Crippen LogP contribution in [-0.4, -0.2) is 18.6 Å². The molecule has 0 bridgehead atoms. The largest absolute Gasteiger partial charge is 0.496 e. The normalized spacial score (nSPS) is 12.5. The summed E-state index contributed by atoms with van der Waals surface area (Å²) in [5, 5.41) is 1.52. The van der Waals surface area contributed by atoms with Gasteiger partial charge in [-0.1, -0.05) is 11.6 Å². The summed E-state index contributed by atoms with van der Waals surface area (Å²) in [6, 6.07) is 10.3. The van der Waals surface area contributed by atoms with Crippen molar-refractivity contribution < 1.29 is 9.13 Å². The molecule has 3 aromatic rings. The monoisotopic (exact) mass is 332 g/mol. The van der Waals surface area contributed by atoms with E-state index in [9.17, 15) is 4.39 Å². The van der Waals surface area contributed by atoms with E-state index in [4.69, 9.17) is 22.1 Å². The van der Waals surface area contributed by atoms with Crippen LogP contribution < -0.4 is 10.5 Å². The van der Waals surface area contributed by atoms with Crippen LogP contribution in [0.3, 0.4) is 0 Å². The topological polar surface area (TPSA) is 51.0 Å². The van der Waals surface area contributed by atoms with Gasteiger partial charge in [0.15, 0.2) is 0 Å². The molecule has 2 aromatic carbocycles. The lowest BCUT2D eigenvalue weighted by Gasteiger charge is -2.17. The van der Waals surface area contributed by atoms with Gasteiger partial charge < -0.3 is 15.5 Å². The van der Waals surface area contributed by atoms with Gasteiger partial charge in [0.05, 0.1) is 7.11 Å². The highest BCUT2D eigenvalue weighted by molar-refractivity contribution is 6.30. The number of halogens is 2. The molecule has 3 N–H and O–H groups in total. The number of benzene rings is 2. The summed E-state index contributed by atoms with van der Waals surface area (Å²) in [7, 11) is 1.63. The fourth-order valence-electron chi connectivity index (χ4n) is 2.94. The van der Waals surface area contributed by atoms with E-state index in [1.165, 1.54) is 6.07 Å². The molecule has 0 aliphatic carbocycles. The van der Waals surface area contributed by atoms with Crippen molar-refractivity contribution in [3.8, 4) is 5.75 Å². The fourth-order valence-corrected chi connectivity index (χ4v) is 3.14. The molecule has 0 saturated carbocycles. The second-order valence-corrected chi connectivity index (χ2v) is 5.96. The first-order valence-corrected chi connectivity index (χ1v) is 7.79. The first kappa shape index (κ1) is 15.8. The molecular weight excluding hydrogens is 315 g/mol. The summed E-state index contributed by atoms with van der Waals surface area (Å²) in [5.41, 5.74) is 8.88. The van der Waals surface area contributed by atoms with Gasteiger partial charge in [-0.15, -0.1) is 0 Å². The Kier molecular flexibility index (Phi) is 4.55. The molecule has 0 aliphatic rings. The highest BCUT2D eigenvalue weighted by Crippen LogP contribution is 2.32. The van der Waals surface area contributed by atoms with E-state index >= 15 is 0 Å². The van der Waals surface area contributed by atoms with Crippen molar-refractivity contribution in [2.45, 2.75) is 12.3 Å². The molecule has 120 valence electrons. The lowest BCUT2D eigenvalue weighted by atomic mass is 9.91. The summed E-state index contributed by atoms with van der Waals surface area (Å²) < 4.78 is 19.0. The summed E-state index contributed by atoms with van der Waals surface area (Å²) >= 11 is 6.10. The molecule has 0 aliphatic heterocycles. The zero-order valence-electron chi connectivity index (χ0n) is 12.8. The van der Waals surface area contributed by atoms with Crippen molar-refractivity contribution in [2.24, 2.45) is 5.73 Å². The van der Waals surface area contributed by atoms with Crippen LogP contribution in [0, 0.1) is 5.82 Å². The van der Waals surface area contributed by atoms with Crippen molar-refractivity contribution in [1.29, 1.82) is 0 Å². The molecule has 23 heavy (non-hydrogen) atoms. The van der Waals surface area contributed by atoms with Gasteiger partial charge in [-0.3, -0.25) is 0 Å². The summed E-state index contributed by atoms with van der Waals surface area (Å²) in [5.74, 6) is 0.561. The van der Waals surface area contributed by atoms with E-state index in [0.29, 0.717) is 18.0 Å². The molecule has 1 atom stereocenters.